The minimum absolute atomic E-state index is 0.0141. The van der Waals surface area contributed by atoms with Gasteiger partial charge in [0.25, 0.3) is 5.91 Å². The van der Waals surface area contributed by atoms with Crippen molar-refractivity contribution < 1.29 is 45.8 Å². The van der Waals surface area contributed by atoms with Crippen LogP contribution in [0.5, 0.6) is 23.0 Å². The topological polar surface area (TPSA) is 157 Å². The average Bonchev–Trinajstić information content (AvgIpc) is 3.09. The van der Waals surface area contributed by atoms with E-state index in [0.717, 1.165) is 24.2 Å². The van der Waals surface area contributed by atoms with E-state index in [1.807, 2.05) is 18.2 Å². The standard InChI is InChI=1S/C37H40N4O8S/c1-41(24-27-13-20-34(47-2)35(23-27)48-3)21-7-8-29(25-41)40(33(36(38)43)22-26-11-16-30(42)17-12-26)37(44)39-28-14-18-31(19-15-28)49-50(45,46)32-9-5-4-6-10-32/h4-6,9-20,23,33H,7-8,21-22,24-25H2,1-3H3,(H2-2,38,39,42,43,44)/p+2/b40-29-/t33-,41?/m0/s1. The van der Waals surface area contributed by atoms with Crippen LogP contribution in [0, 0.1) is 0 Å². The number of hydrogen-bond donors (Lipinski definition) is 3. The van der Waals surface area contributed by atoms with Crippen molar-refractivity contribution in [2.24, 2.45) is 5.73 Å². The maximum absolute atomic E-state index is 14.2. The van der Waals surface area contributed by atoms with Crippen molar-refractivity contribution in [3.63, 3.8) is 0 Å². The fraction of sp³-hybridized carbons (Fsp3) is 0.270. The van der Waals surface area contributed by atoms with E-state index in [2.05, 4.69) is 12.4 Å². The number of nitrogens with one attached hydrogen (secondary N) is 1. The zero-order valence-corrected chi connectivity index (χ0v) is 29.1. The van der Waals surface area contributed by atoms with Crippen LogP contribution < -0.4 is 24.7 Å². The molecule has 12 nitrogen and oxygen atoms in total. The number of rotatable bonds is 12. The normalized spacial score (nSPS) is 17.7. The Morgan fingerprint density at radius 3 is 2.22 bits per heavy atom. The summed E-state index contributed by atoms with van der Waals surface area (Å²) in [6.07, 6.45) is 1.45. The van der Waals surface area contributed by atoms with Crippen molar-refractivity contribution in [3.8, 4) is 23.0 Å². The van der Waals surface area contributed by atoms with E-state index in [9.17, 15) is 23.1 Å². The molecule has 1 heterocycles. The third-order valence-electron chi connectivity index (χ3n) is 8.65. The number of quaternary nitrogens is 1. The Labute approximate surface area is 292 Å². The molecule has 0 aliphatic carbocycles. The summed E-state index contributed by atoms with van der Waals surface area (Å²) in [4.78, 5) is 27.3. The van der Waals surface area contributed by atoms with Crippen LogP contribution in [0.2, 0.25) is 0 Å². The van der Waals surface area contributed by atoms with Crippen LogP contribution in [0.1, 0.15) is 24.0 Å². The predicted molar refractivity (Wildman–Crippen MR) is 188 cm³/mol. The van der Waals surface area contributed by atoms with Gasteiger partial charge >= 0.3 is 16.1 Å². The zero-order valence-electron chi connectivity index (χ0n) is 28.2. The first-order valence-corrected chi connectivity index (χ1v) is 17.5. The Balaban J connectivity index is 1.45. The van der Waals surface area contributed by atoms with Gasteiger partial charge in [0.2, 0.25) is 0 Å². The molecule has 1 aliphatic rings. The van der Waals surface area contributed by atoms with Gasteiger partial charge in [-0.25, -0.2) is 5.32 Å². The van der Waals surface area contributed by atoms with Crippen molar-refractivity contribution in [1.82, 2.24) is 0 Å². The van der Waals surface area contributed by atoms with Crippen LogP contribution in [0.3, 0.4) is 0 Å². The molecule has 0 spiro atoms. The largest absolute Gasteiger partial charge is 0.508 e. The van der Waals surface area contributed by atoms with E-state index < -0.39 is 28.1 Å². The highest BCUT2D eigenvalue weighted by atomic mass is 32.2. The van der Waals surface area contributed by atoms with Gasteiger partial charge < -0.3 is 29.0 Å². The van der Waals surface area contributed by atoms with Gasteiger partial charge in [0.15, 0.2) is 17.5 Å². The van der Waals surface area contributed by atoms with Gasteiger partial charge in [0.05, 0.1) is 27.8 Å². The van der Waals surface area contributed by atoms with Gasteiger partial charge in [-0.05, 0) is 72.3 Å². The molecule has 1 fully saturated rings. The lowest BCUT2D eigenvalue weighted by Gasteiger charge is -2.38. The van der Waals surface area contributed by atoms with Crippen LogP contribution >= 0.6 is 0 Å². The van der Waals surface area contributed by atoms with Crippen molar-refractivity contribution in [3.05, 3.63) is 108 Å². The number of primary amides is 1. The highest BCUT2D eigenvalue weighted by molar-refractivity contribution is 7.87. The van der Waals surface area contributed by atoms with E-state index in [1.54, 1.807) is 44.6 Å². The lowest BCUT2D eigenvalue weighted by molar-refractivity contribution is -0.918. The maximum atomic E-state index is 14.2. The van der Waals surface area contributed by atoms with Crippen LogP contribution in [0.15, 0.2) is 102 Å². The summed E-state index contributed by atoms with van der Waals surface area (Å²) >= 11 is 0. The SMILES string of the molecule is COc1ccc(C[N+]2(C)CCC/C(=[N+](/C(=O)Nc3ccc(OS(=O)(=O)c4ccccc4)cc3)[C@@H](Cc3ccc(O)cc3)C(N)=O)C2)cc1OC. The summed E-state index contributed by atoms with van der Waals surface area (Å²) in [6, 6.07) is 24.3. The first-order chi connectivity index (χ1) is 23.9. The summed E-state index contributed by atoms with van der Waals surface area (Å²) in [5.74, 6) is 0.707. The number of carbonyl (C=O) groups is 2. The van der Waals surface area contributed by atoms with Gasteiger partial charge in [-0.3, -0.25) is 4.79 Å². The molecule has 4 N–H and O–H groups in total. The number of methoxy groups -OCH3 is 2. The summed E-state index contributed by atoms with van der Waals surface area (Å²) in [5.41, 5.74) is 8.84. The second kappa shape index (κ2) is 15.4. The molecular formula is C37H42N4O8S+2. The molecule has 262 valence electrons. The van der Waals surface area contributed by atoms with E-state index in [4.69, 9.17) is 19.4 Å². The maximum Gasteiger partial charge on any atom is 0.496 e. The number of amides is 3. The number of likely N-dealkylation sites (tertiary alicyclic amines) is 1. The molecule has 2 atom stereocenters. The second-order valence-corrected chi connectivity index (χ2v) is 14.0. The van der Waals surface area contributed by atoms with Gasteiger partial charge in [-0.1, -0.05) is 30.3 Å². The number of anilines is 1. The van der Waals surface area contributed by atoms with E-state index in [-0.39, 0.29) is 22.8 Å². The fourth-order valence-corrected chi connectivity index (χ4v) is 7.19. The first kappa shape index (κ1) is 35.9. The Bertz CT molecular complexity index is 1970. The number of ether oxygens (including phenoxy) is 2. The summed E-state index contributed by atoms with van der Waals surface area (Å²) in [5, 5.41) is 12.7. The van der Waals surface area contributed by atoms with E-state index >= 15 is 0 Å². The molecular weight excluding hydrogens is 660 g/mol. The monoisotopic (exact) mass is 702 g/mol. The molecule has 4 aromatic carbocycles. The van der Waals surface area contributed by atoms with E-state index in [0.29, 0.717) is 46.7 Å². The predicted octanol–water partition coefficient (Wildman–Crippen LogP) is 4.70. The minimum atomic E-state index is -4.05. The quantitative estimate of drug-likeness (QED) is 0.109. The van der Waals surface area contributed by atoms with Crippen LogP contribution in [-0.4, -0.2) is 80.6 Å². The van der Waals surface area contributed by atoms with Crippen LogP contribution in [-0.2, 0) is 27.9 Å². The number of nitrogens with two attached hydrogens (primary N) is 1. The first-order valence-electron chi connectivity index (χ1n) is 16.1. The number of benzene rings is 4. The number of phenols is 1. The molecule has 13 heteroatoms. The summed E-state index contributed by atoms with van der Waals surface area (Å²) in [7, 11) is 1.23. The van der Waals surface area contributed by atoms with Crippen molar-refractivity contribution in [1.29, 1.82) is 0 Å². The highest BCUT2D eigenvalue weighted by Gasteiger charge is 2.39. The number of urea groups is 1. The van der Waals surface area contributed by atoms with Crippen LogP contribution in [0.25, 0.3) is 0 Å². The zero-order chi connectivity index (χ0) is 35.9. The molecule has 1 saturated heterocycles. The molecule has 0 saturated carbocycles. The van der Waals surface area contributed by atoms with Gasteiger partial charge in [-0.15, -0.1) is 0 Å². The third kappa shape index (κ3) is 8.79. The fourth-order valence-electron chi connectivity index (χ4n) is 6.23. The van der Waals surface area contributed by atoms with Gasteiger partial charge in [-0.2, -0.15) is 17.8 Å². The lowest BCUT2D eigenvalue weighted by atomic mass is 10.0. The lowest BCUT2D eigenvalue weighted by Crippen LogP contribution is -2.56. The molecule has 1 unspecified atom stereocenters. The number of phenolic OH excluding ortho intramolecular Hbond substituents is 1. The molecule has 0 bridgehead atoms. The number of hydrogen-bond acceptors (Lipinski definition) is 8. The smallest absolute Gasteiger partial charge is 0.496 e. The molecule has 1 aliphatic heterocycles. The molecule has 5 rings (SSSR count). The highest BCUT2D eigenvalue weighted by Crippen LogP contribution is 2.30. The van der Waals surface area contributed by atoms with Gasteiger partial charge in [0, 0.05) is 24.8 Å². The second-order valence-electron chi connectivity index (χ2n) is 12.5. The Kier molecular flexibility index (Phi) is 11.1. The molecule has 50 heavy (non-hydrogen) atoms. The number of nitrogens with zero attached hydrogens (tertiary/aromatic N) is 2. The summed E-state index contributed by atoms with van der Waals surface area (Å²) in [6.45, 7) is 1.93. The van der Waals surface area contributed by atoms with Crippen molar-refractivity contribution in [2.75, 3.05) is 39.7 Å². The molecule has 0 radical (unpaired) electrons. The third-order valence-corrected chi connectivity index (χ3v) is 9.91. The minimum Gasteiger partial charge on any atom is -0.508 e. The average molecular weight is 703 g/mol. The molecule has 4 aromatic rings. The molecule has 3 amide bonds. The number of carbonyl (C=O) groups excluding carboxylic acids is 2. The Morgan fingerprint density at radius 2 is 1.58 bits per heavy atom. The van der Waals surface area contributed by atoms with E-state index in [1.165, 1.54) is 53.1 Å². The Hall–Kier alpha value is -5.40. The number of aromatic hydroxyl groups is 1. The molecule has 0 aromatic heterocycles. The number of piperidine rings is 1. The van der Waals surface area contributed by atoms with Crippen molar-refractivity contribution >= 4 is 33.5 Å². The van der Waals surface area contributed by atoms with Gasteiger partial charge in [0.1, 0.15) is 40.9 Å². The summed E-state index contributed by atoms with van der Waals surface area (Å²) < 4.78 is 43.6. The van der Waals surface area contributed by atoms with Crippen molar-refractivity contribution in [2.45, 2.75) is 36.7 Å². The van der Waals surface area contributed by atoms with Crippen LogP contribution in [0.4, 0.5) is 10.5 Å². The Morgan fingerprint density at radius 1 is 0.920 bits per heavy atom.